The van der Waals surface area contributed by atoms with E-state index in [4.69, 9.17) is 10.2 Å². The largest absolute Gasteiger partial charge is 0.451 e. The summed E-state index contributed by atoms with van der Waals surface area (Å²) in [5.74, 6) is 0.946. The normalized spacial score (nSPS) is 21.5. The van der Waals surface area contributed by atoms with Gasteiger partial charge in [-0.2, -0.15) is 0 Å². The Hall–Kier alpha value is 0.160. The highest BCUT2D eigenvalue weighted by atomic mass is 79.9. The number of furan rings is 1. The van der Waals surface area contributed by atoms with E-state index in [2.05, 4.69) is 50.6 Å². The molecule has 19 heavy (non-hydrogen) atoms. The lowest BCUT2D eigenvalue weighted by Gasteiger charge is -2.41. The predicted molar refractivity (Wildman–Crippen MR) is 85.1 cm³/mol. The van der Waals surface area contributed by atoms with Gasteiger partial charge in [0.05, 0.1) is 10.5 Å². The third-order valence-corrected chi connectivity index (χ3v) is 6.23. The Morgan fingerprint density at radius 2 is 2.05 bits per heavy atom. The van der Waals surface area contributed by atoms with Crippen LogP contribution in [-0.4, -0.2) is 24.5 Å². The summed E-state index contributed by atoms with van der Waals surface area (Å²) in [6, 6.07) is 2.21. The third-order valence-electron chi connectivity index (χ3n) is 4.52. The standard InChI is InChI=1S/C14H22Br2N2O/c1-3-14(2)4-6-18(7-5-14)11(9-17)12-8-10(15)13(16)19-12/h8,11H,3-7,9,17H2,1-2H3. The van der Waals surface area contributed by atoms with E-state index in [0.717, 1.165) is 28.0 Å². The number of halogens is 2. The van der Waals surface area contributed by atoms with Crippen LogP contribution in [-0.2, 0) is 0 Å². The van der Waals surface area contributed by atoms with Crippen LogP contribution in [0.1, 0.15) is 44.9 Å². The molecule has 0 radical (unpaired) electrons. The van der Waals surface area contributed by atoms with Crippen LogP contribution < -0.4 is 5.73 Å². The zero-order valence-corrected chi connectivity index (χ0v) is 14.8. The number of hydrogen-bond donors (Lipinski definition) is 1. The molecule has 0 amide bonds. The van der Waals surface area contributed by atoms with Gasteiger partial charge in [0, 0.05) is 6.54 Å². The number of nitrogens with two attached hydrogens (primary N) is 1. The van der Waals surface area contributed by atoms with Gasteiger partial charge in [0.2, 0.25) is 0 Å². The second-order valence-electron chi connectivity index (χ2n) is 5.72. The first-order chi connectivity index (χ1) is 8.99. The predicted octanol–water partition coefficient (Wildman–Crippen LogP) is 4.32. The summed E-state index contributed by atoms with van der Waals surface area (Å²) in [5.41, 5.74) is 6.46. The minimum atomic E-state index is 0.184. The molecule has 1 saturated heterocycles. The Bertz CT molecular complexity index is 406. The molecule has 0 bridgehead atoms. The van der Waals surface area contributed by atoms with E-state index in [0.29, 0.717) is 12.0 Å². The summed E-state index contributed by atoms with van der Waals surface area (Å²) in [6.07, 6.45) is 3.73. The van der Waals surface area contributed by atoms with Crippen LogP contribution in [0.5, 0.6) is 0 Å². The summed E-state index contributed by atoms with van der Waals surface area (Å²) in [4.78, 5) is 2.45. The number of likely N-dealkylation sites (tertiary alicyclic amines) is 1. The average molecular weight is 394 g/mol. The molecule has 1 aromatic heterocycles. The molecular formula is C14H22Br2N2O. The Kier molecular flexibility index (Phi) is 5.15. The lowest BCUT2D eigenvalue weighted by atomic mass is 9.78. The van der Waals surface area contributed by atoms with Gasteiger partial charge in [0.1, 0.15) is 5.76 Å². The van der Waals surface area contributed by atoms with Gasteiger partial charge in [-0.05, 0) is 69.3 Å². The Labute approximate surface area is 132 Å². The van der Waals surface area contributed by atoms with E-state index in [9.17, 15) is 0 Å². The van der Waals surface area contributed by atoms with E-state index in [1.54, 1.807) is 0 Å². The topological polar surface area (TPSA) is 42.4 Å². The molecule has 1 unspecified atom stereocenters. The van der Waals surface area contributed by atoms with Crippen molar-refractivity contribution in [2.24, 2.45) is 11.1 Å². The van der Waals surface area contributed by atoms with Gasteiger partial charge in [0.15, 0.2) is 4.67 Å². The Morgan fingerprint density at radius 3 is 2.47 bits per heavy atom. The van der Waals surface area contributed by atoms with Gasteiger partial charge in [-0.1, -0.05) is 20.3 Å². The van der Waals surface area contributed by atoms with Gasteiger partial charge in [-0.15, -0.1) is 0 Å². The van der Waals surface area contributed by atoms with Crippen LogP contribution in [0.4, 0.5) is 0 Å². The van der Waals surface area contributed by atoms with Crippen LogP contribution >= 0.6 is 31.9 Å². The first kappa shape index (κ1) is 15.5. The minimum Gasteiger partial charge on any atom is -0.451 e. The maximum absolute atomic E-state index is 5.96. The molecule has 0 spiro atoms. The van der Waals surface area contributed by atoms with Gasteiger partial charge in [-0.25, -0.2) is 0 Å². The molecule has 3 nitrogen and oxygen atoms in total. The molecule has 0 aromatic carbocycles. The Balaban J connectivity index is 2.07. The van der Waals surface area contributed by atoms with Crippen molar-refractivity contribution in [2.75, 3.05) is 19.6 Å². The van der Waals surface area contributed by atoms with Gasteiger partial charge in [0.25, 0.3) is 0 Å². The monoisotopic (exact) mass is 392 g/mol. The lowest BCUT2D eigenvalue weighted by Crippen LogP contribution is -2.42. The van der Waals surface area contributed by atoms with E-state index in [1.807, 2.05) is 6.07 Å². The molecule has 108 valence electrons. The quantitative estimate of drug-likeness (QED) is 0.828. The van der Waals surface area contributed by atoms with Crippen molar-refractivity contribution in [3.05, 3.63) is 21.0 Å². The number of piperidine rings is 1. The molecule has 2 heterocycles. The fourth-order valence-electron chi connectivity index (χ4n) is 2.70. The molecule has 0 aliphatic carbocycles. The Morgan fingerprint density at radius 1 is 1.42 bits per heavy atom. The number of hydrogen-bond acceptors (Lipinski definition) is 3. The van der Waals surface area contributed by atoms with E-state index < -0.39 is 0 Å². The zero-order valence-electron chi connectivity index (χ0n) is 11.6. The van der Waals surface area contributed by atoms with Crippen molar-refractivity contribution in [3.63, 3.8) is 0 Å². The van der Waals surface area contributed by atoms with Gasteiger partial charge < -0.3 is 10.2 Å². The van der Waals surface area contributed by atoms with Gasteiger partial charge in [-0.3, -0.25) is 4.90 Å². The van der Waals surface area contributed by atoms with Crippen molar-refractivity contribution >= 4 is 31.9 Å². The van der Waals surface area contributed by atoms with Gasteiger partial charge >= 0.3 is 0 Å². The van der Waals surface area contributed by atoms with E-state index in [1.165, 1.54) is 19.3 Å². The summed E-state index contributed by atoms with van der Waals surface area (Å²) in [7, 11) is 0. The molecule has 2 N–H and O–H groups in total. The molecule has 0 saturated carbocycles. The van der Waals surface area contributed by atoms with Crippen LogP contribution in [0.3, 0.4) is 0 Å². The van der Waals surface area contributed by atoms with Crippen molar-refractivity contribution < 1.29 is 4.42 Å². The number of rotatable bonds is 4. The second kappa shape index (κ2) is 6.29. The SMILES string of the molecule is CCC1(C)CCN(C(CN)c2cc(Br)c(Br)o2)CC1. The average Bonchev–Trinajstić information content (AvgIpc) is 2.73. The zero-order chi connectivity index (χ0) is 14.0. The number of nitrogens with zero attached hydrogens (tertiary/aromatic N) is 1. The van der Waals surface area contributed by atoms with Crippen molar-refractivity contribution in [1.29, 1.82) is 0 Å². The van der Waals surface area contributed by atoms with E-state index >= 15 is 0 Å². The first-order valence-corrected chi connectivity index (χ1v) is 8.46. The molecule has 1 aliphatic rings. The summed E-state index contributed by atoms with van der Waals surface area (Å²) in [6.45, 7) is 7.47. The van der Waals surface area contributed by atoms with Crippen molar-refractivity contribution in [3.8, 4) is 0 Å². The first-order valence-electron chi connectivity index (χ1n) is 6.88. The summed E-state index contributed by atoms with van der Waals surface area (Å²) >= 11 is 6.86. The van der Waals surface area contributed by atoms with Crippen LogP contribution in [0, 0.1) is 5.41 Å². The molecule has 1 aliphatic heterocycles. The fourth-order valence-corrected chi connectivity index (χ4v) is 3.31. The smallest absolute Gasteiger partial charge is 0.183 e. The maximum Gasteiger partial charge on any atom is 0.183 e. The van der Waals surface area contributed by atoms with Crippen LogP contribution in [0.25, 0.3) is 0 Å². The molecule has 1 atom stereocenters. The minimum absolute atomic E-state index is 0.184. The highest BCUT2D eigenvalue weighted by molar-refractivity contribution is 9.13. The third kappa shape index (κ3) is 3.43. The highest BCUT2D eigenvalue weighted by Crippen LogP contribution is 2.38. The van der Waals surface area contributed by atoms with Crippen molar-refractivity contribution in [1.82, 2.24) is 4.90 Å². The second-order valence-corrected chi connectivity index (χ2v) is 7.30. The van der Waals surface area contributed by atoms with Crippen molar-refractivity contribution in [2.45, 2.75) is 39.2 Å². The molecule has 1 fully saturated rings. The fraction of sp³-hybridized carbons (Fsp3) is 0.714. The molecular weight excluding hydrogens is 372 g/mol. The lowest BCUT2D eigenvalue weighted by molar-refractivity contribution is 0.0745. The summed E-state index contributed by atoms with van der Waals surface area (Å²) < 4.78 is 7.45. The molecule has 5 heteroatoms. The summed E-state index contributed by atoms with van der Waals surface area (Å²) in [5, 5.41) is 0. The van der Waals surface area contributed by atoms with Crippen LogP contribution in [0.15, 0.2) is 19.6 Å². The molecule has 2 rings (SSSR count). The van der Waals surface area contributed by atoms with Crippen LogP contribution in [0.2, 0.25) is 0 Å². The molecule has 1 aromatic rings. The van der Waals surface area contributed by atoms with E-state index in [-0.39, 0.29) is 6.04 Å². The highest BCUT2D eigenvalue weighted by Gasteiger charge is 2.32. The maximum atomic E-state index is 5.96.